The van der Waals surface area contributed by atoms with E-state index in [1.165, 1.54) is 25.7 Å². The van der Waals surface area contributed by atoms with E-state index < -0.39 is 0 Å². The first kappa shape index (κ1) is 13.9. The number of para-hydroxylation sites is 1. The molecule has 0 radical (unpaired) electrons. The van der Waals surface area contributed by atoms with E-state index in [0.717, 1.165) is 11.3 Å². The molecule has 1 fully saturated rings. The molecule has 1 aromatic carbocycles. The number of benzene rings is 1. The van der Waals surface area contributed by atoms with Crippen molar-refractivity contribution >= 4 is 5.91 Å². The third-order valence-electron chi connectivity index (χ3n) is 3.93. The Hall–Kier alpha value is -1.51. The fraction of sp³-hybridized carbons (Fsp3) is 0.562. The Balaban J connectivity index is 1.92. The molecule has 1 unspecified atom stereocenters. The van der Waals surface area contributed by atoms with Crippen LogP contribution in [0.5, 0.6) is 5.75 Å². The van der Waals surface area contributed by atoms with Crippen molar-refractivity contribution in [3.63, 3.8) is 0 Å². The van der Waals surface area contributed by atoms with E-state index in [-0.39, 0.29) is 11.9 Å². The van der Waals surface area contributed by atoms with Crippen LogP contribution in [-0.4, -0.2) is 13.0 Å². The highest BCUT2D eigenvalue weighted by Crippen LogP contribution is 2.28. The van der Waals surface area contributed by atoms with E-state index in [2.05, 4.69) is 5.32 Å². The first-order valence-electron chi connectivity index (χ1n) is 7.13. The van der Waals surface area contributed by atoms with Gasteiger partial charge in [-0.2, -0.15) is 0 Å². The number of methoxy groups -OCH3 is 1. The van der Waals surface area contributed by atoms with Gasteiger partial charge in [0.25, 0.3) is 0 Å². The van der Waals surface area contributed by atoms with Crippen LogP contribution in [0, 0.1) is 5.92 Å². The van der Waals surface area contributed by atoms with Gasteiger partial charge in [-0.25, -0.2) is 0 Å². The van der Waals surface area contributed by atoms with Crippen molar-refractivity contribution < 1.29 is 9.53 Å². The molecule has 3 nitrogen and oxygen atoms in total. The van der Waals surface area contributed by atoms with Crippen LogP contribution in [0.3, 0.4) is 0 Å². The van der Waals surface area contributed by atoms with Crippen LogP contribution in [0.15, 0.2) is 24.3 Å². The summed E-state index contributed by atoms with van der Waals surface area (Å²) in [4.78, 5) is 12.0. The predicted molar refractivity (Wildman–Crippen MR) is 76.1 cm³/mol. The van der Waals surface area contributed by atoms with Crippen molar-refractivity contribution in [2.45, 2.75) is 45.1 Å². The van der Waals surface area contributed by atoms with Crippen molar-refractivity contribution in [1.29, 1.82) is 0 Å². The molecule has 1 saturated carbocycles. The zero-order valence-electron chi connectivity index (χ0n) is 11.8. The molecular weight excluding hydrogens is 238 g/mol. The molecule has 3 heteroatoms. The summed E-state index contributed by atoms with van der Waals surface area (Å²) in [5, 5.41) is 3.08. The summed E-state index contributed by atoms with van der Waals surface area (Å²) in [5.41, 5.74) is 1.03. The molecule has 1 aliphatic rings. The maximum absolute atomic E-state index is 12.0. The van der Waals surface area contributed by atoms with Gasteiger partial charge in [-0.1, -0.05) is 31.0 Å². The second kappa shape index (κ2) is 6.60. The third-order valence-corrected chi connectivity index (χ3v) is 3.93. The minimum absolute atomic E-state index is 0.00921. The Kier molecular flexibility index (Phi) is 4.83. The van der Waals surface area contributed by atoms with E-state index in [9.17, 15) is 4.79 Å². The lowest BCUT2D eigenvalue weighted by atomic mass is 10.0. The SMILES string of the molecule is COc1ccccc1C(C)NC(=O)CC1CCCC1. The minimum Gasteiger partial charge on any atom is -0.496 e. The van der Waals surface area contributed by atoms with Crippen molar-refractivity contribution in [2.24, 2.45) is 5.92 Å². The number of amides is 1. The number of rotatable bonds is 5. The molecule has 1 amide bonds. The summed E-state index contributed by atoms with van der Waals surface area (Å²) in [6.07, 6.45) is 5.63. The molecule has 1 atom stereocenters. The van der Waals surface area contributed by atoms with Crippen LogP contribution in [0.4, 0.5) is 0 Å². The third kappa shape index (κ3) is 3.72. The van der Waals surface area contributed by atoms with Crippen LogP contribution in [-0.2, 0) is 4.79 Å². The Morgan fingerprint density at radius 3 is 2.74 bits per heavy atom. The van der Waals surface area contributed by atoms with E-state index >= 15 is 0 Å². The monoisotopic (exact) mass is 261 g/mol. The number of ether oxygens (including phenoxy) is 1. The maximum atomic E-state index is 12.0. The van der Waals surface area contributed by atoms with Gasteiger partial charge in [-0.05, 0) is 31.7 Å². The molecule has 19 heavy (non-hydrogen) atoms. The Labute approximate surface area is 115 Å². The summed E-state index contributed by atoms with van der Waals surface area (Å²) in [5.74, 6) is 1.58. The van der Waals surface area contributed by atoms with Crippen LogP contribution >= 0.6 is 0 Å². The maximum Gasteiger partial charge on any atom is 0.220 e. The molecule has 0 aliphatic heterocycles. The number of carbonyl (C=O) groups is 1. The van der Waals surface area contributed by atoms with E-state index in [0.29, 0.717) is 12.3 Å². The van der Waals surface area contributed by atoms with Crippen molar-refractivity contribution in [2.75, 3.05) is 7.11 Å². The second-order valence-corrected chi connectivity index (χ2v) is 5.39. The molecule has 0 bridgehead atoms. The number of nitrogens with one attached hydrogen (secondary N) is 1. The van der Waals surface area contributed by atoms with Gasteiger partial charge in [-0.15, -0.1) is 0 Å². The highest BCUT2D eigenvalue weighted by molar-refractivity contribution is 5.76. The molecule has 104 valence electrons. The first-order valence-corrected chi connectivity index (χ1v) is 7.13. The van der Waals surface area contributed by atoms with Gasteiger partial charge in [0, 0.05) is 12.0 Å². The van der Waals surface area contributed by atoms with Crippen LogP contribution in [0.25, 0.3) is 0 Å². The molecule has 1 aromatic rings. The van der Waals surface area contributed by atoms with Gasteiger partial charge in [-0.3, -0.25) is 4.79 Å². The molecule has 1 aliphatic carbocycles. The molecule has 2 rings (SSSR count). The van der Waals surface area contributed by atoms with Gasteiger partial charge in [0.1, 0.15) is 5.75 Å². The van der Waals surface area contributed by atoms with E-state index in [1.54, 1.807) is 7.11 Å². The van der Waals surface area contributed by atoms with Gasteiger partial charge in [0.2, 0.25) is 5.91 Å². The lowest BCUT2D eigenvalue weighted by Crippen LogP contribution is -2.28. The summed E-state index contributed by atoms with van der Waals surface area (Å²) in [7, 11) is 1.66. The Morgan fingerprint density at radius 1 is 1.37 bits per heavy atom. The fourth-order valence-electron chi connectivity index (χ4n) is 2.88. The average Bonchev–Trinajstić information content (AvgIpc) is 2.91. The quantitative estimate of drug-likeness (QED) is 0.881. The Bertz CT molecular complexity index is 425. The fourth-order valence-corrected chi connectivity index (χ4v) is 2.88. The largest absolute Gasteiger partial charge is 0.496 e. The lowest BCUT2D eigenvalue weighted by Gasteiger charge is -2.18. The normalized spacial score (nSPS) is 17.2. The molecule has 0 saturated heterocycles. The minimum atomic E-state index is -0.00921. The molecule has 0 spiro atoms. The van der Waals surface area contributed by atoms with Crippen LogP contribution in [0.2, 0.25) is 0 Å². The van der Waals surface area contributed by atoms with Gasteiger partial charge in [0.05, 0.1) is 13.2 Å². The zero-order chi connectivity index (χ0) is 13.7. The standard InChI is InChI=1S/C16H23NO2/c1-12(14-9-5-6-10-15(14)19-2)17-16(18)11-13-7-3-4-8-13/h5-6,9-10,12-13H,3-4,7-8,11H2,1-2H3,(H,17,18). The topological polar surface area (TPSA) is 38.3 Å². The Morgan fingerprint density at radius 2 is 2.05 bits per heavy atom. The van der Waals surface area contributed by atoms with Gasteiger partial charge < -0.3 is 10.1 Å². The predicted octanol–water partition coefficient (Wildman–Crippen LogP) is 3.45. The van der Waals surface area contributed by atoms with Crippen molar-refractivity contribution in [3.8, 4) is 5.75 Å². The van der Waals surface area contributed by atoms with Crippen LogP contribution in [0.1, 0.15) is 50.6 Å². The smallest absolute Gasteiger partial charge is 0.220 e. The van der Waals surface area contributed by atoms with Crippen LogP contribution < -0.4 is 10.1 Å². The number of carbonyl (C=O) groups excluding carboxylic acids is 1. The number of hydrogen-bond acceptors (Lipinski definition) is 2. The number of hydrogen-bond donors (Lipinski definition) is 1. The van der Waals surface area contributed by atoms with E-state index in [1.807, 2.05) is 31.2 Å². The summed E-state index contributed by atoms with van der Waals surface area (Å²) in [6, 6.07) is 7.83. The van der Waals surface area contributed by atoms with E-state index in [4.69, 9.17) is 4.74 Å². The second-order valence-electron chi connectivity index (χ2n) is 5.39. The van der Waals surface area contributed by atoms with Crippen molar-refractivity contribution in [1.82, 2.24) is 5.32 Å². The highest BCUT2D eigenvalue weighted by Gasteiger charge is 2.20. The summed E-state index contributed by atoms with van der Waals surface area (Å²) >= 11 is 0. The average molecular weight is 261 g/mol. The molecule has 0 aromatic heterocycles. The molecule has 0 heterocycles. The van der Waals surface area contributed by atoms with Gasteiger partial charge in [0.15, 0.2) is 0 Å². The molecule has 1 N–H and O–H groups in total. The summed E-state index contributed by atoms with van der Waals surface area (Å²) in [6.45, 7) is 2.00. The summed E-state index contributed by atoms with van der Waals surface area (Å²) < 4.78 is 5.33. The zero-order valence-corrected chi connectivity index (χ0v) is 11.8. The first-order chi connectivity index (χ1) is 9.20. The molecular formula is C16H23NO2. The van der Waals surface area contributed by atoms with Crippen molar-refractivity contribution in [3.05, 3.63) is 29.8 Å². The van der Waals surface area contributed by atoms with Gasteiger partial charge >= 0.3 is 0 Å². The highest BCUT2D eigenvalue weighted by atomic mass is 16.5. The lowest BCUT2D eigenvalue weighted by molar-refractivity contribution is -0.122.